The number of benzene rings is 2. The minimum Gasteiger partial charge on any atom is -0.475 e. The SMILES string of the molecule is CN(c1ccc(S(=O)(=O)Cc2ncns2)cc1Cl)[C@@H]1CCN(Cc2ccccc2)C1.O=C(O)C(F)(F)F. The van der Waals surface area contributed by atoms with Crippen LogP contribution < -0.4 is 4.90 Å². The number of nitrogens with zero attached hydrogens (tertiary/aromatic N) is 4. The fourth-order valence-corrected chi connectivity index (χ4v) is 6.29. The van der Waals surface area contributed by atoms with Crippen LogP contribution in [-0.4, -0.2) is 66.1 Å². The maximum atomic E-state index is 12.7. The Hall–Kier alpha value is -2.74. The number of likely N-dealkylation sites (tertiary alicyclic amines) is 1. The van der Waals surface area contributed by atoms with Gasteiger partial charge in [-0.25, -0.2) is 18.2 Å². The van der Waals surface area contributed by atoms with Gasteiger partial charge in [0, 0.05) is 32.7 Å². The fraction of sp³-hybridized carbons (Fsp3) is 0.348. The molecule has 1 N–H and O–H groups in total. The molecule has 1 aliphatic rings. The first-order valence-corrected chi connectivity index (χ1v) is 13.7. The van der Waals surface area contributed by atoms with Crippen LogP contribution in [0.3, 0.4) is 0 Å². The minimum atomic E-state index is -5.08. The average Bonchev–Trinajstić information content (AvgIpc) is 3.51. The van der Waals surface area contributed by atoms with E-state index in [1.807, 2.05) is 13.1 Å². The Labute approximate surface area is 221 Å². The number of rotatable bonds is 7. The number of hydrogen-bond acceptors (Lipinski definition) is 8. The van der Waals surface area contributed by atoms with Gasteiger partial charge in [0.15, 0.2) is 9.84 Å². The predicted octanol–water partition coefficient (Wildman–Crippen LogP) is 4.51. The zero-order valence-electron chi connectivity index (χ0n) is 19.6. The summed E-state index contributed by atoms with van der Waals surface area (Å²) in [6.07, 6.45) is -2.68. The summed E-state index contributed by atoms with van der Waals surface area (Å²) >= 11 is 7.60. The number of sulfone groups is 1. The summed E-state index contributed by atoms with van der Waals surface area (Å²) in [5.41, 5.74) is 2.15. The molecule has 14 heteroatoms. The van der Waals surface area contributed by atoms with E-state index in [9.17, 15) is 21.6 Å². The number of halogens is 4. The summed E-state index contributed by atoms with van der Waals surface area (Å²) in [6.45, 7) is 2.90. The van der Waals surface area contributed by atoms with Gasteiger partial charge in [0.25, 0.3) is 0 Å². The molecule has 2 heterocycles. The number of aliphatic carboxylic acids is 1. The molecule has 0 bridgehead atoms. The van der Waals surface area contributed by atoms with Gasteiger partial charge in [-0.1, -0.05) is 41.9 Å². The highest BCUT2D eigenvalue weighted by Gasteiger charge is 2.38. The first-order chi connectivity index (χ1) is 17.4. The Bertz CT molecular complexity index is 1290. The molecule has 200 valence electrons. The number of carboxylic acids is 1. The van der Waals surface area contributed by atoms with Crippen LogP contribution in [-0.2, 0) is 26.9 Å². The Morgan fingerprint density at radius 3 is 2.49 bits per heavy atom. The second kappa shape index (κ2) is 12.2. The lowest BCUT2D eigenvalue weighted by Crippen LogP contribution is -2.34. The molecular weight excluding hydrogens is 553 g/mol. The highest BCUT2D eigenvalue weighted by atomic mass is 35.5. The zero-order chi connectivity index (χ0) is 27.2. The highest BCUT2D eigenvalue weighted by Crippen LogP contribution is 2.32. The van der Waals surface area contributed by atoms with E-state index in [0.29, 0.717) is 16.1 Å². The van der Waals surface area contributed by atoms with E-state index in [0.717, 1.165) is 43.3 Å². The van der Waals surface area contributed by atoms with E-state index < -0.39 is 22.0 Å². The van der Waals surface area contributed by atoms with E-state index in [-0.39, 0.29) is 10.6 Å². The Balaban J connectivity index is 0.000000479. The molecule has 3 aromatic rings. The van der Waals surface area contributed by atoms with Crippen LogP contribution in [0.4, 0.5) is 18.9 Å². The van der Waals surface area contributed by atoms with Crippen molar-refractivity contribution in [3.05, 3.63) is 70.5 Å². The fourth-order valence-electron chi connectivity index (χ4n) is 3.78. The van der Waals surface area contributed by atoms with Crippen molar-refractivity contribution < 1.29 is 31.5 Å². The van der Waals surface area contributed by atoms with Crippen molar-refractivity contribution in [3.63, 3.8) is 0 Å². The molecule has 2 aromatic carbocycles. The van der Waals surface area contributed by atoms with Gasteiger partial charge in [-0.15, -0.1) is 0 Å². The molecule has 0 unspecified atom stereocenters. The third-order valence-corrected chi connectivity index (χ3v) is 8.44. The van der Waals surface area contributed by atoms with Crippen molar-refractivity contribution in [3.8, 4) is 0 Å². The summed E-state index contributed by atoms with van der Waals surface area (Å²) in [7, 11) is -1.49. The van der Waals surface area contributed by atoms with Gasteiger partial charge in [0.2, 0.25) is 0 Å². The van der Waals surface area contributed by atoms with Crippen LogP contribution in [0.2, 0.25) is 5.02 Å². The van der Waals surface area contributed by atoms with Crippen molar-refractivity contribution in [2.75, 3.05) is 25.0 Å². The third kappa shape index (κ3) is 8.12. The topological polar surface area (TPSA) is 104 Å². The van der Waals surface area contributed by atoms with Crippen LogP contribution in [0.15, 0.2) is 59.8 Å². The van der Waals surface area contributed by atoms with E-state index in [1.165, 1.54) is 11.9 Å². The number of alkyl halides is 3. The largest absolute Gasteiger partial charge is 0.490 e. The number of carbonyl (C=O) groups is 1. The van der Waals surface area contributed by atoms with Gasteiger partial charge in [-0.2, -0.15) is 17.5 Å². The summed E-state index contributed by atoms with van der Waals surface area (Å²) < 4.78 is 60.9. The molecule has 37 heavy (non-hydrogen) atoms. The number of aromatic nitrogens is 2. The smallest absolute Gasteiger partial charge is 0.475 e. The van der Waals surface area contributed by atoms with Gasteiger partial charge < -0.3 is 10.0 Å². The Morgan fingerprint density at radius 1 is 1.24 bits per heavy atom. The van der Waals surface area contributed by atoms with Gasteiger partial charge in [0.1, 0.15) is 17.1 Å². The van der Waals surface area contributed by atoms with Gasteiger partial charge in [-0.05, 0) is 41.7 Å². The van der Waals surface area contributed by atoms with Crippen molar-refractivity contribution in [1.82, 2.24) is 14.3 Å². The third-order valence-electron chi connectivity index (χ3n) is 5.67. The number of anilines is 1. The minimum absolute atomic E-state index is 0.166. The van der Waals surface area contributed by atoms with Gasteiger partial charge >= 0.3 is 12.1 Å². The first kappa shape index (κ1) is 28.8. The quantitative estimate of drug-likeness (QED) is 0.438. The monoisotopic (exact) mass is 576 g/mol. The van der Waals surface area contributed by atoms with Crippen molar-refractivity contribution >= 4 is 44.6 Å². The normalized spacial score (nSPS) is 16.2. The van der Waals surface area contributed by atoms with Crippen LogP contribution in [0.5, 0.6) is 0 Å². The standard InChI is InChI=1S/C21H23ClN4O2S2.C2HF3O2/c1-25(17-9-10-26(13-17)12-16-5-3-2-4-6-16)20-8-7-18(11-19(20)22)30(27,28)14-21-23-15-24-29-21;3-2(4,5)1(6)7/h2-8,11,15,17H,9-10,12-14H2,1H3;(H,6,7)/t17-;/m1./s1. The maximum absolute atomic E-state index is 12.7. The molecule has 1 atom stereocenters. The second-order valence-electron chi connectivity index (χ2n) is 8.28. The van der Waals surface area contributed by atoms with Gasteiger partial charge in [0.05, 0.1) is 15.6 Å². The van der Waals surface area contributed by atoms with Crippen LogP contribution in [0.25, 0.3) is 0 Å². The van der Waals surface area contributed by atoms with E-state index in [1.54, 1.807) is 18.2 Å². The number of carboxylic acid groups (broad SMARTS) is 1. The highest BCUT2D eigenvalue weighted by molar-refractivity contribution is 7.90. The molecule has 1 fully saturated rings. The summed E-state index contributed by atoms with van der Waals surface area (Å²) in [5, 5.41) is 8.04. The van der Waals surface area contributed by atoms with Crippen LogP contribution >= 0.6 is 23.1 Å². The molecule has 0 aliphatic carbocycles. The molecule has 0 spiro atoms. The molecule has 0 saturated carbocycles. The predicted molar refractivity (Wildman–Crippen MR) is 134 cm³/mol. The molecule has 0 radical (unpaired) electrons. The lowest BCUT2D eigenvalue weighted by atomic mass is 10.2. The molecule has 8 nitrogen and oxygen atoms in total. The zero-order valence-corrected chi connectivity index (χ0v) is 22.0. The van der Waals surface area contributed by atoms with E-state index in [2.05, 4.69) is 43.4 Å². The molecule has 4 rings (SSSR count). The van der Waals surface area contributed by atoms with E-state index in [4.69, 9.17) is 21.5 Å². The van der Waals surface area contributed by atoms with Crippen molar-refractivity contribution in [2.45, 2.75) is 35.8 Å². The summed E-state index contributed by atoms with van der Waals surface area (Å²) in [6, 6.07) is 15.8. The molecular formula is C23H24ClF3N4O4S2. The maximum Gasteiger partial charge on any atom is 0.490 e. The van der Waals surface area contributed by atoms with Crippen molar-refractivity contribution in [2.24, 2.45) is 0 Å². The lowest BCUT2D eigenvalue weighted by molar-refractivity contribution is -0.192. The van der Waals surface area contributed by atoms with Gasteiger partial charge in [-0.3, -0.25) is 4.90 Å². The Morgan fingerprint density at radius 2 is 1.92 bits per heavy atom. The summed E-state index contributed by atoms with van der Waals surface area (Å²) in [4.78, 5) is 17.7. The second-order valence-corrected chi connectivity index (χ2v) is 11.5. The van der Waals surface area contributed by atoms with Crippen LogP contribution in [0.1, 0.15) is 17.0 Å². The molecule has 0 amide bonds. The summed E-state index contributed by atoms with van der Waals surface area (Å²) in [5.74, 6) is -2.92. The molecule has 1 saturated heterocycles. The van der Waals surface area contributed by atoms with Crippen molar-refractivity contribution in [1.29, 1.82) is 0 Å². The molecule has 1 aromatic heterocycles. The first-order valence-electron chi connectivity index (χ1n) is 10.9. The lowest BCUT2D eigenvalue weighted by Gasteiger charge is -2.28. The van der Waals surface area contributed by atoms with Crippen LogP contribution in [0, 0.1) is 0 Å². The number of hydrogen-bond donors (Lipinski definition) is 1. The number of likely N-dealkylation sites (N-methyl/N-ethyl adjacent to an activating group) is 1. The Kier molecular flexibility index (Phi) is 9.51. The molecule has 1 aliphatic heterocycles. The van der Waals surface area contributed by atoms with E-state index >= 15 is 0 Å². The average molecular weight is 577 g/mol.